The number of rotatable bonds is 3. The van der Waals surface area contributed by atoms with Crippen LogP contribution in [-0.4, -0.2) is 19.3 Å². The van der Waals surface area contributed by atoms with E-state index in [1.165, 1.54) is 5.56 Å². The molecule has 0 saturated carbocycles. The highest BCUT2D eigenvalue weighted by molar-refractivity contribution is 5.93. The molecule has 3 aromatic heterocycles. The number of benzene rings is 1. The van der Waals surface area contributed by atoms with Gasteiger partial charge in [0, 0.05) is 36.6 Å². The molecule has 0 aliphatic rings. The van der Waals surface area contributed by atoms with Crippen molar-refractivity contribution in [1.82, 2.24) is 19.3 Å². The summed E-state index contributed by atoms with van der Waals surface area (Å²) in [6, 6.07) is 14.1. The molecule has 0 spiro atoms. The van der Waals surface area contributed by atoms with E-state index >= 15 is 0 Å². The largest absolute Gasteiger partial charge is 0.357 e. The molecule has 1 aromatic carbocycles. The molecule has 3 heterocycles. The van der Waals surface area contributed by atoms with Gasteiger partial charge >= 0.3 is 0 Å². The normalized spacial score (nSPS) is 11.2. The van der Waals surface area contributed by atoms with Gasteiger partial charge in [-0.3, -0.25) is 9.48 Å². The number of H-pyrrole nitrogens is 1. The third-order valence-electron chi connectivity index (χ3n) is 4.06. The summed E-state index contributed by atoms with van der Waals surface area (Å²) < 4.78 is 3.57. The predicted molar refractivity (Wildman–Crippen MR) is 90.3 cm³/mol. The SMILES string of the molecule is Cn1cc(-c2ccnn2Cc2ccccc2)c2cc[nH]c2c1=O. The van der Waals surface area contributed by atoms with Crippen LogP contribution in [0.15, 0.2) is 65.8 Å². The van der Waals surface area contributed by atoms with Gasteiger partial charge in [0.25, 0.3) is 5.56 Å². The van der Waals surface area contributed by atoms with Gasteiger partial charge in [0.05, 0.1) is 12.2 Å². The second kappa shape index (κ2) is 5.28. The average Bonchev–Trinajstić information content (AvgIpc) is 3.21. The van der Waals surface area contributed by atoms with Gasteiger partial charge in [0.15, 0.2) is 0 Å². The Morgan fingerprint density at radius 1 is 1.13 bits per heavy atom. The van der Waals surface area contributed by atoms with E-state index in [0.717, 1.165) is 16.6 Å². The van der Waals surface area contributed by atoms with E-state index in [1.54, 1.807) is 24.0 Å². The van der Waals surface area contributed by atoms with Crippen molar-refractivity contribution in [3.8, 4) is 11.3 Å². The maximum Gasteiger partial charge on any atom is 0.274 e. The Bertz CT molecular complexity index is 1020. The molecule has 114 valence electrons. The van der Waals surface area contributed by atoms with Crippen LogP contribution < -0.4 is 5.56 Å². The van der Waals surface area contributed by atoms with E-state index in [-0.39, 0.29) is 5.56 Å². The maximum atomic E-state index is 12.2. The number of pyridine rings is 1. The minimum Gasteiger partial charge on any atom is -0.357 e. The van der Waals surface area contributed by atoms with E-state index in [9.17, 15) is 4.79 Å². The second-order valence-electron chi connectivity index (χ2n) is 5.58. The summed E-state index contributed by atoms with van der Waals surface area (Å²) in [4.78, 5) is 15.2. The van der Waals surface area contributed by atoms with E-state index in [0.29, 0.717) is 12.1 Å². The molecule has 4 rings (SSSR count). The Balaban J connectivity index is 1.87. The van der Waals surface area contributed by atoms with Crippen molar-refractivity contribution in [3.63, 3.8) is 0 Å². The summed E-state index contributed by atoms with van der Waals surface area (Å²) in [5.74, 6) is 0. The minimum absolute atomic E-state index is 0.0251. The fourth-order valence-corrected chi connectivity index (χ4v) is 2.92. The van der Waals surface area contributed by atoms with Crippen molar-refractivity contribution in [3.05, 3.63) is 77.0 Å². The maximum absolute atomic E-state index is 12.2. The molecule has 0 radical (unpaired) electrons. The number of aromatic nitrogens is 4. The Labute approximate surface area is 132 Å². The van der Waals surface area contributed by atoms with Crippen LogP contribution in [-0.2, 0) is 13.6 Å². The summed E-state index contributed by atoms with van der Waals surface area (Å²) in [5, 5.41) is 5.37. The van der Waals surface area contributed by atoms with E-state index in [2.05, 4.69) is 22.2 Å². The smallest absolute Gasteiger partial charge is 0.274 e. The lowest BCUT2D eigenvalue weighted by atomic mass is 10.1. The van der Waals surface area contributed by atoms with Crippen molar-refractivity contribution in [1.29, 1.82) is 0 Å². The molecule has 0 aliphatic heterocycles. The third-order valence-corrected chi connectivity index (χ3v) is 4.06. The molecular weight excluding hydrogens is 288 g/mol. The fraction of sp³-hybridized carbons (Fsp3) is 0.111. The van der Waals surface area contributed by atoms with Crippen molar-refractivity contribution in [2.75, 3.05) is 0 Å². The molecule has 0 saturated heterocycles. The predicted octanol–water partition coefficient (Wildman–Crippen LogP) is 2.78. The highest BCUT2D eigenvalue weighted by Gasteiger charge is 2.13. The van der Waals surface area contributed by atoms with Crippen LogP contribution in [0.1, 0.15) is 5.56 Å². The molecule has 23 heavy (non-hydrogen) atoms. The van der Waals surface area contributed by atoms with Gasteiger partial charge < -0.3 is 9.55 Å². The van der Waals surface area contributed by atoms with Gasteiger partial charge in [-0.15, -0.1) is 0 Å². The Hall–Kier alpha value is -3.08. The third kappa shape index (κ3) is 2.26. The van der Waals surface area contributed by atoms with Crippen LogP contribution in [0.3, 0.4) is 0 Å². The van der Waals surface area contributed by atoms with Gasteiger partial charge in [-0.25, -0.2) is 0 Å². The molecule has 0 unspecified atom stereocenters. The highest BCUT2D eigenvalue weighted by atomic mass is 16.1. The Kier molecular flexibility index (Phi) is 3.12. The standard InChI is InChI=1S/C18H16N4O/c1-21-12-15(14-7-9-19-17(14)18(21)23)16-8-10-20-22(16)11-13-5-3-2-4-6-13/h2-10,12,19H,11H2,1H3. The Morgan fingerprint density at radius 3 is 2.78 bits per heavy atom. The molecule has 0 aliphatic carbocycles. The lowest BCUT2D eigenvalue weighted by molar-refractivity contribution is 0.694. The molecule has 0 bridgehead atoms. The summed E-state index contributed by atoms with van der Waals surface area (Å²) in [6.45, 7) is 0.692. The van der Waals surface area contributed by atoms with Gasteiger partial charge in [-0.05, 0) is 17.7 Å². The number of aromatic amines is 1. The summed E-state index contributed by atoms with van der Waals surface area (Å²) in [7, 11) is 1.77. The quantitative estimate of drug-likeness (QED) is 0.633. The fourth-order valence-electron chi connectivity index (χ4n) is 2.92. The second-order valence-corrected chi connectivity index (χ2v) is 5.58. The molecule has 0 fully saturated rings. The first kappa shape index (κ1) is 13.6. The molecular formula is C18H16N4O. The summed E-state index contributed by atoms with van der Waals surface area (Å²) in [5.41, 5.74) is 3.78. The lowest BCUT2D eigenvalue weighted by Crippen LogP contribution is -2.17. The van der Waals surface area contributed by atoms with Crippen LogP contribution in [0.5, 0.6) is 0 Å². The first-order valence-corrected chi connectivity index (χ1v) is 7.47. The molecule has 5 heteroatoms. The van der Waals surface area contributed by atoms with Gasteiger partial charge in [-0.1, -0.05) is 30.3 Å². The summed E-state index contributed by atoms with van der Waals surface area (Å²) >= 11 is 0. The molecule has 0 atom stereocenters. The lowest BCUT2D eigenvalue weighted by Gasteiger charge is -2.10. The van der Waals surface area contributed by atoms with Crippen LogP contribution in [0, 0.1) is 0 Å². The molecule has 0 amide bonds. The number of aryl methyl sites for hydroxylation is 1. The topological polar surface area (TPSA) is 55.6 Å². The van der Waals surface area contributed by atoms with E-state index in [1.807, 2.05) is 41.2 Å². The van der Waals surface area contributed by atoms with Crippen molar-refractivity contribution < 1.29 is 0 Å². The van der Waals surface area contributed by atoms with E-state index < -0.39 is 0 Å². The van der Waals surface area contributed by atoms with Crippen LogP contribution in [0.4, 0.5) is 0 Å². The number of nitrogens with one attached hydrogen (secondary N) is 1. The van der Waals surface area contributed by atoms with E-state index in [4.69, 9.17) is 0 Å². The van der Waals surface area contributed by atoms with Crippen molar-refractivity contribution >= 4 is 10.9 Å². The first-order chi connectivity index (χ1) is 11.2. The van der Waals surface area contributed by atoms with Crippen LogP contribution >= 0.6 is 0 Å². The average molecular weight is 304 g/mol. The number of nitrogens with zero attached hydrogens (tertiary/aromatic N) is 3. The summed E-state index contributed by atoms with van der Waals surface area (Å²) in [6.07, 6.45) is 5.46. The van der Waals surface area contributed by atoms with Gasteiger partial charge in [0.2, 0.25) is 0 Å². The van der Waals surface area contributed by atoms with Crippen LogP contribution in [0.25, 0.3) is 22.2 Å². The van der Waals surface area contributed by atoms with Crippen LogP contribution in [0.2, 0.25) is 0 Å². The Morgan fingerprint density at radius 2 is 1.96 bits per heavy atom. The molecule has 5 nitrogen and oxygen atoms in total. The highest BCUT2D eigenvalue weighted by Crippen LogP contribution is 2.26. The zero-order valence-corrected chi connectivity index (χ0v) is 12.7. The number of fused-ring (bicyclic) bond motifs is 1. The van der Waals surface area contributed by atoms with Crippen molar-refractivity contribution in [2.24, 2.45) is 7.05 Å². The zero-order chi connectivity index (χ0) is 15.8. The minimum atomic E-state index is -0.0251. The first-order valence-electron chi connectivity index (χ1n) is 7.47. The molecule has 1 N–H and O–H groups in total. The zero-order valence-electron chi connectivity index (χ0n) is 12.7. The number of hydrogen-bond acceptors (Lipinski definition) is 2. The van der Waals surface area contributed by atoms with Gasteiger partial charge in [0.1, 0.15) is 5.52 Å². The monoisotopic (exact) mass is 304 g/mol. The molecule has 4 aromatic rings. The van der Waals surface area contributed by atoms with Crippen molar-refractivity contribution in [2.45, 2.75) is 6.54 Å². The number of hydrogen-bond donors (Lipinski definition) is 1. The van der Waals surface area contributed by atoms with Gasteiger partial charge in [-0.2, -0.15) is 5.10 Å².